The molecule has 3 aromatic rings. The van der Waals surface area contributed by atoms with Crippen LogP contribution in [0.1, 0.15) is 11.1 Å². The fraction of sp³-hybridized carbons (Fsp3) is 0.167. The van der Waals surface area contributed by atoms with Crippen molar-refractivity contribution in [1.82, 2.24) is 5.32 Å². The van der Waals surface area contributed by atoms with E-state index in [4.69, 9.17) is 18.9 Å². The highest BCUT2D eigenvalue weighted by Gasteiger charge is 2.37. The van der Waals surface area contributed by atoms with Gasteiger partial charge in [-0.3, -0.25) is 14.9 Å². The fourth-order valence-electron chi connectivity index (χ4n) is 4.02. The number of carbonyl (C=O) groups is 3. The van der Waals surface area contributed by atoms with E-state index in [0.717, 1.165) is 16.2 Å². The first-order valence-corrected chi connectivity index (χ1v) is 13.0. The van der Waals surface area contributed by atoms with E-state index in [-0.39, 0.29) is 12.2 Å². The maximum atomic E-state index is 13.2. The second-order valence-electron chi connectivity index (χ2n) is 8.49. The third-order valence-corrected chi connectivity index (χ3v) is 6.51. The van der Waals surface area contributed by atoms with Crippen molar-refractivity contribution in [2.24, 2.45) is 0 Å². The van der Waals surface area contributed by atoms with Gasteiger partial charge >= 0.3 is 6.03 Å². The van der Waals surface area contributed by atoms with E-state index in [0.29, 0.717) is 46.0 Å². The van der Waals surface area contributed by atoms with Gasteiger partial charge in [0.1, 0.15) is 30.3 Å². The molecule has 3 aromatic carbocycles. The number of halogens is 1. The Balaban J connectivity index is 1.51. The molecule has 1 saturated heterocycles. The van der Waals surface area contributed by atoms with E-state index in [2.05, 4.69) is 27.8 Å². The number of rotatable bonds is 11. The van der Waals surface area contributed by atoms with Gasteiger partial charge in [-0.1, -0.05) is 24.3 Å². The van der Waals surface area contributed by atoms with E-state index in [1.54, 1.807) is 36.4 Å². The van der Waals surface area contributed by atoms with Gasteiger partial charge in [-0.2, -0.15) is 0 Å². The van der Waals surface area contributed by atoms with Crippen molar-refractivity contribution in [3.63, 3.8) is 0 Å². The number of allylic oxidation sites excluding steroid dienone is 1. The molecule has 1 aliphatic rings. The molecule has 0 unspecified atom stereocenters. The Labute approximate surface area is 240 Å². The highest BCUT2D eigenvalue weighted by atomic mass is 79.9. The van der Waals surface area contributed by atoms with Crippen LogP contribution >= 0.6 is 15.9 Å². The van der Waals surface area contributed by atoms with Crippen molar-refractivity contribution >= 4 is 45.5 Å². The summed E-state index contributed by atoms with van der Waals surface area (Å²) < 4.78 is 23.0. The molecule has 0 spiro atoms. The predicted octanol–water partition coefficient (Wildman–Crippen LogP) is 5.32. The molecule has 1 fully saturated rings. The molecule has 1 N–H and O–H groups in total. The standard InChI is InChI=1S/C30H27BrN2O7/c1-4-7-20-8-5-6-9-25(20)39-14-15-40-27-24(31)17-19(18-26(27)38-3)16-23-28(34)32-30(36)33(29(23)35)21-10-12-22(37-2)13-11-21/h4-6,8-13,16-18H,1,7,14-15H2,2-3H3,(H,32,34,36). The quantitative estimate of drug-likeness (QED) is 0.136. The van der Waals surface area contributed by atoms with Crippen molar-refractivity contribution in [3.8, 4) is 23.0 Å². The van der Waals surface area contributed by atoms with Crippen LogP contribution in [0.5, 0.6) is 23.0 Å². The number of imide groups is 2. The van der Waals surface area contributed by atoms with Gasteiger partial charge in [-0.25, -0.2) is 9.69 Å². The maximum Gasteiger partial charge on any atom is 0.335 e. The van der Waals surface area contributed by atoms with Gasteiger partial charge in [0.25, 0.3) is 11.8 Å². The molecule has 0 atom stereocenters. The number of nitrogens with one attached hydrogen (secondary N) is 1. The molecule has 0 saturated carbocycles. The largest absolute Gasteiger partial charge is 0.497 e. The van der Waals surface area contributed by atoms with Gasteiger partial charge in [0.2, 0.25) is 0 Å². The van der Waals surface area contributed by atoms with Gasteiger partial charge in [0.05, 0.1) is 24.4 Å². The average Bonchev–Trinajstić information content (AvgIpc) is 2.95. The van der Waals surface area contributed by atoms with Crippen LogP contribution in [0.4, 0.5) is 10.5 Å². The average molecular weight is 607 g/mol. The van der Waals surface area contributed by atoms with Crippen LogP contribution in [0.3, 0.4) is 0 Å². The zero-order valence-electron chi connectivity index (χ0n) is 21.9. The van der Waals surface area contributed by atoms with Gasteiger partial charge < -0.3 is 18.9 Å². The molecule has 206 valence electrons. The number of benzene rings is 3. The number of nitrogens with zero attached hydrogens (tertiary/aromatic N) is 1. The van der Waals surface area contributed by atoms with Gasteiger partial charge in [-0.05, 0) is 82.0 Å². The Kier molecular flexibility index (Phi) is 9.23. The second-order valence-corrected chi connectivity index (χ2v) is 9.34. The van der Waals surface area contributed by atoms with Crippen LogP contribution in [-0.2, 0) is 16.0 Å². The Bertz CT molecular complexity index is 1470. The summed E-state index contributed by atoms with van der Waals surface area (Å²) in [7, 11) is 2.99. The first-order chi connectivity index (χ1) is 19.4. The molecule has 1 aliphatic heterocycles. The SMILES string of the molecule is C=CCc1ccccc1OCCOc1c(Br)cc(C=C2C(=O)NC(=O)N(c3ccc(OC)cc3)C2=O)cc1OC. The van der Waals surface area contributed by atoms with Crippen LogP contribution < -0.4 is 29.2 Å². The molecule has 4 amide bonds. The second kappa shape index (κ2) is 13.0. The lowest BCUT2D eigenvalue weighted by atomic mass is 10.1. The Morgan fingerprint density at radius 1 is 0.925 bits per heavy atom. The number of para-hydroxylation sites is 1. The van der Waals surface area contributed by atoms with Crippen molar-refractivity contribution in [2.75, 3.05) is 32.3 Å². The fourth-order valence-corrected chi connectivity index (χ4v) is 4.59. The molecule has 0 radical (unpaired) electrons. The van der Waals surface area contributed by atoms with Crippen LogP contribution in [0, 0.1) is 0 Å². The Morgan fingerprint density at radius 3 is 2.35 bits per heavy atom. The predicted molar refractivity (Wildman–Crippen MR) is 154 cm³/mol. The lowest BCUT2D eigenvalue weighted by molar-refractivity contribution is -0.122. The summed E-state index contributed by atoms with van der Waals surface area (Å²) in [6.45, 7) is 4.30. The zero-order valence-corrected chi connectivity index (χ0v) is 23.5. The minimum Gasteiger partial charge on any atom is -0.497 e. The summed E-state index contributed by atoms with van der Waals surface area (Å²) in [6.07, 6.45) is 3.90. The summed E-state index contributed by atoms with van der Waals surface area (Å²) in [4.78, 5) is 39.2. The third kappa shape index (κ3) is 6.35. The topological polar surface area (TPSA) is 103 Å². The molecule has 9 nitrogen and oxygen atoms in total. The maximum absolute atomic E-state index is 13.2. The summed E-state index contributed by atoms with van der Waals surface area (Å²) in [5, 5.41) is 2.21. The van der Waals surface area contributed by atoms with Crippen LogP contribution in [0.2, 0.25) is 0 Å². The first-order valence-electron chi connectivity index (χ1n) is 12.2. The van der Waals surface area contributed by atoms with E-state index in [1.165, 1.54) is 20.3 Å². The van der Waals surface area contributed by atoms with Crippen molar-refractivity contribution < 1.29 is 33.3 Å². The van der Waals surface area contributed by atoms with Crippen LogP contribution in [-0.4, -0.2) is 45.3 Å². The number of urea groups is 1. The van der Waals surface area contributed by atoms with Gasteiger partial charge in [0.15, 0.2) is 11.5 Å². The third-order valence-electron chi connectivity index (χ3n) is 5.92. The number of methoxy groups -OCH3 is 2. The number of hydrogen-bond acceptors (Lipinski definition) is 7. The highest BCUT2D eigenvalue weighted by Crippen LogP contribution is 2.37. The van der Waals surface area contributed by atoms with E-state index in [1.807, 2.05) is 30.3 Å². The molecule has 4 rings (SSSR count). The lowest BCUT2D eigenvalue weighted by Gasteiger charge is -2.26. The van der Waals surface area contributed by atoms with Gasteiger partial charge in [0, 0.05) is 0 Å². The van der Waals surface area contributed by atoms with Crippen LogP contribution in [0.25, 0.3) is 6.08 Å². The number of carbonyl (C=O) groups excluding carboxylic acids is 3. The van der Waals surface area contributed by atoms with E-state index >= 15 is 0 Å². The zero-order chi connectivity index (χ0) is 28.6. The molecule has 1 heterocycles. The van der Waals surface area contributed by atoms with Crippen molar-refractivity contribution in [2.45, 2.75) is 6.42 Å². The minimum absolute atomic E-state index is 0.218. The lowest BCUT2D eigenvalue weighted by Crippen LogP contribution is -2.54. The molecule has 0 aromatic heterocycles. The minimum atomic E-state index is -0.839. The summed E-state index contributed by atoms with van der Waals surface area (Å²) in [5.41, 5.74) is 1.58. The molecule has 10 heteroatoms. The first kappa shape index (κ1) is 28.4. The van der Waals surface area contributed by atoms with Crippen LogP contribution in [0.15, 0.2) is 83.4 Å². The summed E-state index contributed by atoms with van der Waals surface area (Å²) in [6, 6.07) is 16.5. The molecular weight excluding hydrogens is 580 g/mol. The normalized spacial score (nSPS) is 14.1. The Hall–Kier alpha value is -4.57. The van der Waals surface area contributed by atoms with Crippen molar-refractivity contribution in [3.05, 3.63) is 94.5 Å². The molecule has 0 aliphatic carbocycles. The number of hydrogen-bond donors (Lipinski definition) is 1. The number of ether oxygens (including phenoxy) is 4. The van der Waals surface area contributed by atoms with E-state index < -0.39 is 17.8 Å². The number of barbiturate groups is 1. The molecular formula is C30H27BrN2O7. The number of anilines is 1. The molecule has 0 bridgehead atoms. The van der Waals surface area contributed by atoms with E-state index in [9.17, 15) is 14.4 Å². The van der Waals surface area contributed by atoms with Gasteiger partial charge in [-0.15, -0.1) is 6.58 Å². The summed E-state index contributed by atoms with van der Waals surface area (Å²) in [5.74, 6) is 0.565. The smallest absolute Gasteiger partial charge is 0.335 e. The monoisotopic (exact) mass is 606 g/mol. The molecule has 40 heavy (non-hydrogen) atoms. The number of amides is 4. The summed E-state index contributed by atoms with van der Waals surface area (Å²) >= 11 is 3.49. The van der Waals surface area contributed by atoms with Crippen molar-refractivity contribution in [1.29, 1.82) is 0 Å². The Morgan fingerprint density at radius 2 is 1.65 bits per heavy atom. The highest BCUT2D eigenvalue weighted by molar-refractivity contribution is 9.10.